The van der Waals surface area contributed by atoms with Gasteiger partial charge in [0.05, 0.1) is 6.04 Å². The van der Waals surface area contributed by atoms with Gasteiger partial charge in [0.1, 0.15) is 12.2 Å². The van der Waals surface area contributed by atoms with Crippen LogP contribution in [0.25, 0.3) is 0 Å². The highest BCUT2D eigenvalue weighted by Crippen LogP contribution is 2.22. The number of rotatable bonds is 6. The zero-order chi connectivity index (χ0) is 15.4. The van der Waals surface area contributed by atoms with Gasteiger partial charge in [-0.25, -0.2) is 9.67 Å². The molecule has 21 heavy (non-hydrogen) atoms. The van der Waals surface area contributed by atoms with Crippen molar-refractivity contribution < 1.29 is 0 Å². The van der Waals surface area contributed by atoms with Gasteiger partial charge in [0.2, 0.25) is 0 Å². The van der Waals surface area contributed by atoms with E-state index in [1.807, 2.05) is 23.7 Å². The van der Waals surface area contributed by atoms with Gasteiger partial charge in [-0.15, -0.1) is 0 Å². The summed E-state index contributed by atoms with van der Waals surface area (Å²) in [4.78, 5) is 4.35. The van der Waals surface area contributed by atoms with Crippen molar-refractivity contribution in [3.63, 3.8) is 0 Å². The minimum absolute atomic E-state index is 0.0175. The average molecular weight is 308 g/mol. The monoisotopic (exact) mass is 307 g/mol. The Labute approximate surface area is 130 Å². The fourth-order valence-corrected chi connectivity index (χ4v) is 2.40. The number of nitrogens with two attached hydrogens (primary N) is 1. The Morgan fingerprint density at radius 3 is 2.76 bits per heavy atom. The van der Waals surface area contributed by atoms with E-state index in [2.05, 4.69) is 35.4 Å². The van der Waals surface area contributed by atoms with Crippen molar-refractivity contribution in [3.05, 3.63) is 46.5 Å². The van der Waals surface area contributed by atoms with Crippen LogP contribution in [-0.4, -0.2) is 14.8 Å². The third-order valence-corrected chi connectivity index (χ3v) is 3.83. The number of hydrogen-bond donors (Lipinski definition) is 2. The normalized spacial score (nSPS) is 12.9. The number of nitrogens with zero attached hydrogens (tertiary/aromatic N) is 3. The van der Waals surface area contributed by atoms with Gasteiger partial charge >= 0.3 is 0 Å². The van der Waals surface area contributed by atoms with Gasteiger partial charge in [0.15, 0.2) is 0 Å². The second-order valence-electron chi connectivity index (χ2n) is 5.68. The van der Waals surface area contributed by atoms with Crippen LogP contribution in [0.2, 0.25) is 5.02 Å². The quantitative estimate of drug-likeness (QED) is 0.636. The number of halogens is 1. The van der Waals surface area contributed by atoms with E-state index < -0.39 is 0 Å². The number of benzene rings is 1. The van der Waals surface area contributed by atoms with Crippen LogP contribution >= 0.6 is 11.6 Å². The van der Waals surface area contributed by atoms with Crippen LogP contribution in [0.4, 0.5) is 0 Å². The lowest BCUT2D eigenvalue weighted by atomic mass is 10.0. The SMILES string of the molecule is Cc1cc(C(Cc2ncnn2CC(C)C)NN)ccc1Cl. The molecule has 2 rings (SSSR count). The third kappa shape index (κ3) is 4.03. The van der Waals surface area contributed by atoms with Crippen molar-refractivity contribution in [3.8, 4) is 0 Å². The van der Waals surface area contributed by atoms with Gasteiger partial charge in [-0.05, 0) is 30.0 Å². The minimum atomic E-state index is -0.0175. The van der Waals surface area contributed by atoms with E-state index in [-0.39, 0.29) is 6.04 Å². The molecule has 0 saturated carbocycles. The molecule has 1 atom stereocenters. The molecule has 0 aliphatic rings. The molecule has 1 unspecified atom stereocenters. The summed E-state index contributed by atoms with van der Waals surface area (Å²) in [6, 6.07) is 5.92. The van der Waals surface area contributed by atoms with Crippen molar-refractivity contribution in [2.75, 3.05) is 0 Å². The van der Waals surface area contributed by atoms with Crippen molar-refractivity contribution in [2.45, 2.75) is 39.8 Å². The molecule has 1 aromatic heterocycles. The van der Waals surface area contributed by atoms with Crippen LogP contribution < -0.4 is 11.3 Å². The number of nitrogens with one attached hydrogen (secondary N) is 1. The molecule has 6 heteroatoms. The molecule has 114 valence electrons. The summed E-state index contributed by atoms with van der Waals surface area (Å²) in [5.41, 5.74) is 5.00. The molecule has 1 heterocycles. The third-order valence-electron chi connectivity index (χ3n) is 3.41. The average Bonchev–Trinajstić information content (AvgIpc) is 2.85. The zero-order valence-electron chi connectivity index (χ0n) is 12.7. The van der Waals surface area contributed by atoms with E-state index in [1.165, 1.54) is 0 Å². The standard InChI is InChI=1S/C15H22ClN5/c1-10(2)8-21-15(18-9-19-21)7-14(20-17)12-4-5-13(16)11(3)6-12/h4-6,9-10,14,20H,7-8,17H2,1-3H3. The summed E-state index contributed by atoms with van der Waals surface area (Å²) >= 11 is 6.08. The zero-order valence-corrected chi connectivity index (χ0v) is 13.4. The maximum atomic E-state index is 6.08. The molecule has 0 aliphatic carbocycles. The lowest BCUT2D eigenvalue weighted by molar-refractivity contribution is 0.446. The van der Waals surface area contributed by atoms with Crippen LogP contribution in [0.15, 0.2) is 24.5 Å². The molecular weight excluding hydrogens is 286 g/mol. The second kappa shape index (κ2) is 7.02. The number of aryl methyl sites for hydroxylation is 1. The summed E-state index contributed by atoms with van der Waals surface area (Å²) in [5.74, 6) is 7.17. The van der Waals surface area contributed by atoms with Crippen molar-refractivity contribution >= 4 is 11.6 Å². The summed E-state index contributed by atoms with van der Waals surface area (Å²) in [7, 11) is 0. The predicted octanol–water partition coefficient (Wildman–Crippen LogP) is 2.64. The summed E-state index contributed by atoms with van der Waals surface area (Å²) in [5, 5.41) is 5.05. The number of hydrazine groups is 1. The summed E-state index contributed by atoms with van der Waals surface area (Å²) in [6.07, 6.45) is 2.28. The topological polar surface area (TPSA) is 68.8 Å². The van der Waals surface area contributed by atoms with E-state index in [0.29, 0.717) is 12.3 Å². The van der Waals surface area contributed by atoms with Gasteiger partial charge in [0, 0.05) is 18.0 Å². The maximum absolute atomic E-state index is 6.08. The fraction of sp³-hybridized carbons (Fsp3) is 0.467. The van der Waals surface area contributed by atoms with Gasteiger partial charge < -0.3 is 0 Å². The highest BCUT2D eigenvalue weighted by Gasteiger charge is 2.16. The largest absolute Gasteiger partial charge is 0.271 e. The second-order valence-corrected chi connectivity index (χ2v) is 6.09. The first-order valence-corrected chi connectivity index (χ1v) is 7.48. The molecule has 0 amide bonds. The fourth-order valence-electron chi connectivity index (χ4n) is 2.28. The molecule has 0 radical (unpaired) electrons. The first-order valence-electron chi connectivity index (χ1n) is 7.10. The summed E-state index contributed by atoms with van der Waals surface area (Å²) in [6.45, 7) is 7.16. The van der Waals surface area contributed by atoms with Crippen LogP contribution in [0.1, 0.15) is 36.8 Å². The Kier molecular flexibility index (Phi) is 5.33. The molecule has 0 spiro atoms. The van der Waals surface area contributed by atoms with Crippen molar-refractivity contribution in [1.29, 1.82) is 0 Å². The van der Waals surface area contributed by atoms with Gasteiger partial charge in [-0.3, -0.25) is 11.3 Å². The Balaban J connectivity index is 2.19. The Morgan fingerprint density at radius 1 is 1.38 bits per heavy atom. The first-order chi connectivity index (χ1) is 10.0. The first kappa shape index (κ1) is 15.9. The van der Waals surface area contributed by atoms with Gasteiger partial charge in [-0.2, -0.15) is 5.10 Å². The van der Waals surface area contributed by atoms with Crippen molar-refractivity contribution in [1.82, 2.24) is 20.2 Å². The van der Waals surface area contributed by atoms with Gasteiger partial charge in [0.25, 0.3) is 0 Å². The number of hydrogen-bond acceptors (Lipinski definition) is 4. The number of aromatic nitrogens is 3. The molecule has 1 aromatic carbocycles. The molecule has 5 nitrogen and oxygen atoms in total. The highest BCUT2D eigenvalue weighted by molar-refractivity contribution is 6.31. The van der Waals surface area contributed by atoms with Gasteiger partial charge in [-0.1, -0.05) is 37.6 Å². The smallest absolute Gasteiger partial charge is 0.138 e. The molecule has 0 aliphatic heterocycles. The van der Waals surface area contributed by atoms with E-state index >= 15 is 0 Å². The Bertz CT molecular complexity index is 593. The highest BCUT2D eigenvalue weighted by atomic mass is 35.5. The Hall–Kier alpha value is -1.43. The lowest BCUT2D eigenvalue weighted by Crippen LogP contribution is -2.30. The van der Waals surface area contributed by atoms with Crippen LogP contribution in [0.3, 0.4) is 0 Å². The summed E-state index contributed by atoms with van der Waals surface area (Å²) < 4.78 is 1.94. The van der Waals surface area contributed by atoms with Crippen LogP contribution in [-0.2, 0) is 13.0 Å². The molecule has 2 aromatic rings. The van der Waals surface area contributed by atoms with E-state index in [9.17, 15) is 0 Å². The van der Waals surface area contributed by atoms with E-state index in [0.717, 1.165) is 28.5 Å². The molecular formula is C15H22ClN5. The lowest BCUT2D eigenvalue weighted by Gasteiger charge is -2.18. The van der Waals surface area contributed by atoms with Crippen LogP contribution in [0, 0.1) is 12.8 Å². The molecule has 3 N–H and O–H groups in total. The molecule has 0 saturated heterocycles. The minimum Gasteiger partial charge on any atom is -0.271 e. The van der Waals surface area contributed by atoms with Crippen molar-refractivity contribution in [2.24, 2.45) is 11.8 Å². The predicted molar refractivity (Wildman–Crippen MR) is 84.8 cm³/mol. The molecule has 0 bridgehead atoms. The Morgan fingerprint density at radius 2 is 2.14 bits per heavy atom. The van der Waals surface area contributed by atoms with E-state index in [4.69, 9.17) is 17.4 Å². The molecule has 0 fully saturated rings. The maximum Gasteiger partial charge on any atom is 0.138 e. The van der Waals surface area contributed by atoms with Crippen LogP contribution in [0.5, 0.6) is 0 Å². The van der Waals surface area contributed by atoms with E-state index in [1.54, 1.807) is 6.33 Å².